The van der Waals surface area contributed by atoms with E-state index in [1.165, 1.54) is 19.3 Å². The molecule has 0 saturated heterocycles. The van der Waals surface area contributed by atoms with Crippen molar-refractivity contribution < 1.29 is 4.79 Å². The van der Waals surface area contributed by atoms with Gasteiger partial charge in [0.15, 0.2) is 0 Å². The Morgan fingerprint density at radius 1 is 1.31 bits per heavy atom. The van der Waals surface area contributed by atoms with Gasteiger partial charge in [-0.2, -0.15) is 0 Å². The fourth-order valence-corrected chi connectivity index (χ4v) is 3.04. The fraction of sp³-hybridized carbons (Fsp3) is 0.929. The Morgan fingerprint density at radius 3 is 2.44 bits per heavy atom. The molecule has 94 valence electrons. The Labute approximate surface area is 100 Å². The maximum absolute atomic E-state index is 11.8. The third-order valence-electron chi connectivity index (χ3n) is 4.10. The first-order valence-corrected chi connectivity index (χ1v) is 6.62. The Hall–Kier alpha value is -0.530. The zero-order valence-electron chi connectivity index (χ0n) is 11.5. The molecule has 1 aliphatic carbocycles. The van der Waals surface area contributed by atoms with Crippen molar-refractivity contribution in [2.75, 3.05) is 14.1 Å². The minimum absolute atomic E-state index is 0.296. The van der Waals surface area contributed by atoms with Gasteiger partial charge < -0.3 is 4.90 Å². The van der Waals surface area contributed by atoms with Gasteiger partial charge >= 0.3 is 0 Å². The van der Waals surface area contributed by atoms with E-state index < -0.39 is 0 Å². The van der Waals surface area contributed by atoms with Crippen molar-refractivity contribution in [1.29, 1.82) is 0 Å². The average Bonchev–Trinajstić information content (AvgIpc) is 2.16. The summed E-state index contributed by atoms with van der Waals surface area (Å²) in [7, 11) is 3.72. The van der Waals surface area contributed by atoms with E-state index in [0.29, 0.717) is 17.7 Å². The van der Waals surface area contributed by atoms with Gasteiger partial charge in [0.25, 0.3) is 0 Å². The number of nitrogens with zero attached hydrogens (tertiary/aromatic N) is 1. The van der Waals surface area contributed by atoms with E-state index in [2.05, 4.69) is 20.8 Å². The fourth-order valence-electron chi connectivity index (χ4n) is 3.04. The molecule has 0 aliphatic heterocycles. The van der Waals surface area contributed by atoms with Crippen molar-refractivity contribution in [2.45, 2.75) is 46.5 Å². The van der Waals surface area contributed by atoms with Gasteiger partial charge in [0, 0.05) is 20.5 Å². The third kappa shape index (κ3) is 3.50. The van der Waals surface area contributed by atoms with E-state index in [1.54, 1.807) is 4.90 Å². The average molecular weight is 225 g/mol. The van der Waals surface area contributed by atoms with Gasteiger partial charge in [0.2, 0.25) is 5.91 Å². The maximum Gasteiger partial charge on any atom is 0.222 e. The van der Waals surface area contributed by atoms with Crippen LogP contribution in [0.25, 0.3) is 0 Å². The van der Waals surface area contributed by atoms with Gasteiger partial charge in [-0.3, -0.25) is 4.79 Å². The molecule has 3 atom stereocenters. The summed E-state index contributed by atoms with van der Waals surface area (Å²) >= 11 is 0. The van der Waals surface area contributed by atoms with Gasteiger partial charge in [0.05, 0.1) is 0 Å². The lowest BCUT2D eigenvalue weighted by Crippen LogP contribution is -2.32. The van der Waals surface area contributed by atoms with Crippen LogP contribution in [0.4, 0.5) is 0 Å². The summed E-state index contributed by atoms with van der Waals surface area (Å²) < 4.78 is 0. The second-order valence-electron chi connectivity index (χ2n) is 6.08. The SMILES string of the molecule is CC1CCC(C(C)C)C(CC(=O)N(C)C)C1. The molecule has 0 heterocycles. The quantitative estimate of drug-likeness (QED) is 0.722. The summed E-state index contributed by atoms with van der Waals surface area (Å²) in [6, 6.07) is 0. The molecular formula is C14H27NO. The van der Waals surface area contributed by atoms with Crippen molar-refractivity contribution in [3.8, 4) is 0 Å². The highest BCUT2D eigenvalue weighted by molar-refractivity contribution is 5.75. The number of carbonyl (C=O) groups is 1. The number of amides is 1. The standard InChI is InChI=1S/C14H27NO/c1-10(2)13-7-6-11(3)8-12(13)9-14(16)15(4)5/h10-13H,6-9H2,1-5H3. The largest absolute Gasteiger partial charge is 0.349 e. The predicted octanol–water partition coefficient (Wildman–Crippen LogP) is 3.17. The molecule has 1 fully saturated rings. The zero-order chi connectivity index (χ0) is 12.3. The molecule has 0 radical (unpaired) electrons. The van der Waals surface area contributed by atoms with E-state index in [-0.39, 0.29) is 0 Å². The topological polar surface area (TPSA) is 20.3 Å². The van der Waals surface area contributed by atoms with E-state index >= 15 is 0 Å². The van der Waals surface area contributed by atoms with Crippen molar-refractivity contribution in [3.63, 3.8) is 0 Å². The first-order valence-electron chi connectivity index (χ1n) is 6.62. The van der Waals surface area contributed by atoms with E-state index in [4.69, 9.17) is 0 Å². The van der Waals surface area contributed by atoms with Crippen molar-refractivity contribution in [3.05, 3.63) is 0 Å². The minimum atomic E-state index is 0.296. The van der Waals surface area contributed by atoms with Crippen LogP contribution in [0, 0.1) is 23.7 Å². The normalized spacial score (nSPS) is 30.5. The van der Waals surface area contributed by atoms with Crippen LogP contribution in [0.2, 0.25) is 0 Å². The molecule has 0 N–H and O–H groups in total. The molecular weight excluding hydrogens is 198 g/mol. The highest BCUT2D eigenvalue weighted by Crippen LogP contribution is 2.39. The van der Waals surface area contributed by atoms with Crippen molar-refractivity contribution in [2.24, 2.45) is 23.7 Å². The third-order valence-corrected chi connectivity index (χ3v) is 4.10. The van der Waals surface area contributed by atoms with E-state index in [0.717, 1.165) is 18.3 Å². The summed E-state index contributed by atoms with van der Waals surface area (Å²) in [5.41, 5.74) is 0. The van der Waals surface area contributed by atoms with Crippen molar-refractivity contribution in [1.82, 2.24) is 4.90 Å². The summed E-state index contributed by atoms with van der Waals surface area (Å²) in [5, 5.41) is 0. The lowest BCUT2D eigenvalue weighted by atomic mass is 9.69. The van der Waals surface area contributed by atoms with Gasteiger partial charge in [0.1, 0.15) is 0 Å². The highest BCUT2D eigenvalue weighted by Gasteiger charge is 2.32. The van der Waals surface area contributed by atoms with Crippen LogP contribution >= 0.6 is 0 Å². The van der Waals surface area contributed by atoms with Crippen LogP contribution in [0.1, 0.15) is 46.5 Å². The molecule has 0 spiro atoms. The summed E-state index contributed by atoms with van der Waals surface area (Å²) in [6.07, 6.45) is 4.64. The predicted molar refractivity (Wildman–Crippen MR) is 68.1 cm³/mol. The van der Waals surface area contributed by atoms with Crippen molar-refractivity contribution >= 4 is 5.91 Å². The number of hydrogen-bond donors (Lipinski definition) is 0. The molecule has 0 aromatic rings. The smallest absolute Gasteiger partial charge is 0.222 e. The Morgan fingerprint density at radius 2 is 1.94 bits per heavy atom. The van der Waals surface area contributed by atoms with Gasteiger partial charge in [-0.1, -0.05) is 27.2 Å². The summed E-state index contributed by atoms with van der Waals surface area (Å²) in [6.45, 7) is 6.92. The van der Waals surface area contributed by atoms with Gasteiger partial charge in [-0.05, 0) is 36.5 Å². The molecule has 2 nitrogen and oxygen atoms in total. The highest BCUT2D eigenvalue weighted by atomic mass is 16.2. The lowest BCUT2D eigenvalue weighted by molar-refractivity contribution is -0.130. The molecule has 0 aromatic carbocycles. The van der Waals surface area contributed by atoms with Crippen LogP contribution in [-0.4, -0.2) is 24.9 Å². The van der Waals surface area contributed by atoms with Gasteiger partial charge in [-0.15, -0.1) is 0 Å². The second-order valence-corrected chi connectivity index (χ2v) is 6.08. The Balaban J connectivity index is 2.61. The molecule has 1 aliphatic rings. The van der Waals surface area contributed by atoms with E-state index in [1.807, 2.05) is 14.1 Å². The van der Waals surface area contributed by atoms with Gasteiger partial charge in [-0.25, -0.2) is 0 Å². The van der Waals surface area contributed by atoms with Crippen LogP contribution in [0.3, 0.4) is 0 Å². The first kappa shape index (κ1) is 13.5. The monoisotopic (exact) mass is 225 g/mol. The molecule has 3 unspecified atom stereocenters. The van der Waals surface area contributed by atoms with Crippen LogP contribution in [0.5, 0.6) is 0 Å². The Bertz CT molecular complexity index is 235. The maximum atomic E-state index is 11.8. The van der Waals surface area contributed by atoms with Crippen LogP contribution < -0.4 is 0 Å². The summed E-state index contributed by atoms with van der Waals surface area (Å²) in [4.78, 5) is 13.5. The first-order chi connectivity index (χ1) is 7.41. The van der Waals surface area contributed by atoms with Crippen LogP contribution in [-0.2, 0) is 4.79 Å². The molecule has 16 heavy (non-hydrogen) atoms. The molecule has 1 amide bonds. The van der Waals surface area contributed by atoms with Crippen LogP contribution in [0.15, 0.2) is 0 Å². The molecule has 0 bridgehead atoms. The number of hydrogen-bond acceptors (Lipinski definition) is 1. The summed E-state index contributed by atoms with van der Waals surface area (Å²) in [5.74, 6) is 3.17. The second kappa shape index (κ2) is 5.70. The molecule has 0 aromatic heterocycles. The number of carbonyl (C=O) groups excluding carboxylic acids is 1. The lowest BCUT2D eigenvalue weighted by Gasteiger charge is -2.37. The minimum Gasteiger partial charge on any atom is -0.349 e. The van der Waals surface area contributed by atoms with E-state index in [9.17, 15) is 4.79 Å². The molecule has 1 saturated carbocycles. The molecule has 1 rings (SSSR count). The number of rotatable bonds is 3. The Kier molecular flexibility index (Phi) is 4.82. The zero-order valence-corrected chi connectivity index (χ0v) is 11.5. The molecule has 2 heteroatoms.